The van der Waals surface area contributed by atoms with Crippen LogP contribution in [-0.4, -0.2) is 31.2 Å². The van der Waals surface area contributed by atoms with Crippen LogP contribution < -0.4 is 14.9 Å². The summed E-state index contributed by atoms with van der Waals surface area (Å²) in [6.07, 6.45) is 1.99. The highest BCUT2D eigenvalue weighted by Crippen LogP contribution is 2.34. The summed E-state index contributed by atoms with van der Waals surface area (Å²) in [7, 11) is -0.344. The molecule has 0 bridgehead atoms. The van der Waals surface area contributed by atoms with Crippen molar-refractivity contribution in [3.63, 3.8) is 0 Å². The number of carbonyl (C=O) groups excluding carboxylic acids is 1. The van der Waals surface area contributed by atoms with Crippen LogP contribution in [0.1, 0.15) is 10.4 Å². The summed E-state index contributed by atoms with van der Waals surface area (Å²) in [5.74, 6) is 0.0104. The molecule has 164 valence electrons. The lowest BCUT2D eigenvalue weighted by atomic mass is 10.0. The van der Waals surface area contributed by atoms with Gasteiger partial charge in [0.2, 0.25) is 0 Å². The number of hydrogen-bond acceptors (Lipinski definition) is 5. The Morgan fingerprint density at radius 1 is 1.03 bits per heavy atom. The molecule has 4 rings (SSSR count). The van der Waals surface area contributed by atoms with Crippen molar-refractivity contribution in [2.24, 2.45) is 7.05 Å². The summed E-state index contributed by atoms with van der Waals surface area (Å²) in [6, 6.07) is 18.2. The van der Waals surface area contributed by atoms with Gasteiger partial charge in [0.05, 0.1) is 12.0 Å². The first-order valence-electron chi connectivity index (χ1n) is 9.63. The summed E-state index contributed by atoms with van der Waals surface area (Å²) < 4.78 is 35.6. The van der Waals surface area contributed by atoms with Crippen molar-refractivity contribution in [2.45, 2.75) is 4.90 Å². The third kappa shape index (κ3) is 4.03. The van der Waals surface area contributed by atoms with Gasteiger partial charge in [0.25, 0.3) is 15.9 Å². The molecule has 4 aromatic rings. The topological polar surface area (TPSA) is 110 Å². The predicted octanol–water partition coefficient (Wildman–Crippen LogP) is 3.77. The van der Waals surface area contributed by atoms with Crippen molar-refractivity contribution in [3.8, 4) is 16.9 Å². The second-order valence-electron chi connectivity index (χ2n) is 7.19. The molecule has 0 atom stereocenters. The highest BCUT2D eigenvalue weighted by atomic mass is 32.2. The van der Waals surface area contributed by atoms with Crippen molar-refractivity contribution in [3.05, 3.63) is 78.5 Å². The molecule has 9 heteroatoms. The number of sulfonamides is 1. The minimum absolute atomic E-state index is 0.00633. The molecular formula is C23H21N3O5S. The second kappa shape index (κ2) is 8.37. The van der Waals surface area contributed by atoms with E-state index in [-0.39, 0.29) is 10.5 Å². The number of rotatable bonds is 6. The van der Waals surface area contributed by atoms with Crippen molar-refractivity contribution < 1.29 is 23.2 Å². The number of nitrogens with one attached hydrogen (secondary N) is 2. The molecule has 0 saturated carbocycles. The Kier molecular flexibility index (Phi) is 5.60. The molecule has 1 amide bonds. The fourth-order valence-electron chi connectivity index (χ4n) is 3.54. The van der Waals surface area contributed by atoms with E-state index < -0.39 is 15.9 Å². The molecule has 1 heterocycles. The maximum atomic E-state index is 12.8. The fourth-order valence-corrected chi connectivity index (χ4v) is 4.59. The molecular weight excluding hydrogens is 430 g/mol. The van der Waals surface area contributed by atoms with Gasteiger partial charge in [0.1, 0.15) is 5.75 Å². The molecule has 0 radical (unpaired) electrons. The normalized spacial score (nSPS) is 11.3. The van der Waals surface area contributed by atoms with Crippen molar-refractivity contribution in [1.29, 1.82) is 0 Å². The summed E-state index contributed by atoms with van der Waals surface area (Å²) in [5.41, 5.74) is 4.90. The molecule has 0 aliphatic rings. The van der Waals surface area contributed by atoms with E-state index in [1.807, 2.05) is 48.1 Å². The Hall–Kier alpha value is -3.82. The van der Waals surface area contributed by atoms with Gasteiger partial charge in [-0.1, -0.05) is 12.1 Å². The molecule has 0 unspecified atom stereocenters. The van der Waals surface area contributed by atoms with Gasteiger partial charge in [0, 0.05) is 41.0 Å². The number of methoxy groups -OCH3 is 1. The van der Waals surface area contributed by atoms with E-state index in [0.29, 0.717) is 5.69 Å². The van der Waals surface area contributed by atoms with E-state index in [1.165, 1.54) is 29.7 Å². The highest BCUT2D eigenvalue weighted by molar-refractivity contribution is 7.92. The summed E-state index contributed by atoms with van der Waals surface area (Å²) in [4.78, 5) is 11.4. The first-order valence-corrected chi connectivity index (χ1v) is 11.1. The molecule has 32 heavy (non-hydrogen) atoms. The number of anilines is 1. The number of fused-ring (bicyclic) bond motifs is 1. The van der Waals surface area contributed by atoms with Crippen LogP contribution in [0.4, 0.5) is 5.69 Å². The molecule has 8 nitrogen and oxygen atoms in total. The third-order valence-electron chi connectivity index (χ3n) is 5.15. The van der Waals surface area contributed by atoms with Crippen LogP contribution in [0.5, 0.6) is 5.75 Å². The van der Waals surface area contributed by atoms with E-state index in [1.54, 1.807) is 19.2 Å². The minimum atomic E-state index is -3.88. The smallest absolute Gasteiger partial charge is 0.274 e. The second-order valence-corrected chi connectivity index (χ2v) is 8.87. The lowest BCUT2D eigenvalue weighted by molar-refractivity contribution is 0.0706. The minimum Gasteiger partial charge on any atom is -0.497 e. The van der Waals surface area contributed by atoms with Gasteiger partial charge in [-0.15, -0.1) is 0 Å². The van der Waals surface area contributed by atoms with Gasteiger partial charge in [-0.3, -0.25) is 14.7 Å². The Morgan fingerprint density at radius 2 is 1.78 bits per heavy atom. The van der Waals surface area contributed by atoms with E-state index in [9.17, 15) is 13.2 Å². The number of carbonyl (C=O) groups is 1. The fraction of sp³-hybridized carbons (Fsp3) is 0.0870. The number of aryl methyl sites for hydroxylation is 1. The number of nitrogens with zero attached hydrogens (tertiary/aromatic N) is 1. The van der Waals surface area contributed by atoms with Crippen molar-refractivity contribution in [1.82, 2.24) is 10.0 Å². The van der Waals surface area contributed by atoms with Crippen LogP contribution in [0.15, 0.2) is 77.8 Å². The zero-order valence-electron chi connectivity index (χ0n) is 17.4. The van der Waals surface area contributed by atoms with Gasteiger partial charge in [-0.2, -0.15) is 0 Å². The van der Waals surface area contributed by atoms with Crippen LogP contribution >= 0.6 is 0 Å². The van der Waals surface area contributed by atoms with Crippen LogP contribution in [0.2, 0.25) is 0 Å². The molecule has 1 aromatic heterocycles. The van der Waals surface area contributed by atoms with Crippen molar-refractivity contribution >= 4 is 32.5 Å². The summed E-state index contributed by atoms with van der Waals surface area (Å²) in [6.45, 7) is 0. The maximum absolute atomic E-state index is 12.8. The quantitative estimate of drug-likeness (QED) is 0.305. The SMILES string of the molecule is COc1cccc(-c2cn(C)c3ccc(NS(=O)(=O)c4ccc(C(=O)NO)cc4)cc23)c1. The number of amides is 1. The number of hydrogen-bond donors (Lipinski definition) is 3. The highest BCUT2D eigenvalue weighted by Gasteiger charge is 2.17. The van der Waals surface area contributed by atoms with Gasteiger partial charge in [-0.25, -0.2) is 13.9 Å². The van der Waals surface area contributed by atoms with Crippen LogP contribution in [-0.2, 0) is 17.1 Å². The molecule has 3 N–H and O–H groups in total. The van der Waals surface area contributed by atoms with E-state index in [4.69, 9.17) is 9.94 Å². The van der Waals surface area contributed by atoms with Crippen LogP contribution in [0.25, 0.3) is 22.0 Å². The Labute approximate surface area is 185 Å². The molecule has 0 aliphatic carbocycles. The van der Waals surface area contributed by atoms with E-state index >= 15 is 0 Å². The first-order chi connectivity index (χ1) is 15.3. The molecule has 0 saturated heterocycles. The lowest BCUT2D eigenvalue weighted by Gasteiger charge is -2.10. The first kappa shape index (κ1) is 21.4. The van der Waals surface area contributed by atoms with Crippen LogP contribution in [0.3, 0.4) is 0 Å². The average molecular weight is 452 g/mol. The zero-order valence-corrected chi connectivity index (χ0v) is 18.2. The molecule has 3 aromatic carbocycles. The predicted molar refractivity (Wildman–Crippen MR) is 121 cm³/mol. The number of benzene rings is 3. The average Bonchev–Trinajstić information content (AvgIpc) is 3.14. The summed E-state index contributed by atoms with van der Waals surface area (Å²) >= 11 is 0. The Bertz CT molecular complexity index is 1410. The van der Waals surface area contributed by atoms with E-state index in [2.05, 4.69) is 4.72 Å². The number of aromatic nitrogens is 1. The van der Waals surface area contributed by atoms with E-state index in [0.717, 1.165) is 27.8 Å². The molecule has 0 spiro atoms. The standard InChI is InChI=1S/C23H21N3O5S/c1-26-14-21(16-4-3-5-18(12-16)31-2)20-13-17(8-11-22(20)26)25-32(29,30)19-9-6-15(7-10-19)23(27)24-28/h3-14,25,28H,1-2H3,(H,24,27). The summed E-state index contributed by atoms with van der Waals surface area (Å²) in [5, 5.41) is 9.58. The number of hydroxylamine groups is 1. The van der Waals surface area contributed by atoms with Gasteiger partial charge in [0.15, 0.2) is 0 Å². The monoisotopic (exact) mass is 451 g/mol. The largest absolute Gasteiger partial charge is 0.497 e. The Balaban J connectivity index is 1.70. The Morgan fingerprint density at radius 3 is 2.47 bits per heavy atom. The zero-order chi connectivity index (χ0) is 22.9. The molecule has 0 fully saturated rings. The maximum Gasteiger partial charge on any atom is 0.274 e. The third-order valence-corrected chi connectivity index (χ3v) is 6.55. The van der Waals surface area contributed by atoms with Gasteiger partial charge >= 0.3 is 0 Å². The lowest BCUT2D eigenvalue weighted by Crippen LogP contribution is -2.19. The van der Waals surface area contributed by atoms with Gasteiger partial charge in [-0.05, 0) is 60.2 Å². The van der Waals surface area contributed by atoms with Gasteiger partial charge < -0.3 is 9.30 Å². The van der Waals surface area contributed by atoms with Crippen molar-refractivity contribution in [2.75, 3.05) is 11.8 Å². The number of ether oxygens (including phenoxy) is 1. The molecule has 0 aliphatic heterocycles. The van der Waals surface area contributed by atoms with Crippen LogP contribution in [0, 0.1) is 0 Å².